The van der Waals surface area contributed by atoms with Crippen molar-refractivity contribution in [3.63, 3.8) is 0 Å². The van der Waals surface area contributed by atoms with Gasteiger partial charge in [0.2, 0.25) is 5.91 Å². The Kier molecular flexibility index (Phi) is 5.27. The van der Waals surface area contributed by atoms with Crippen LogP contribution in [-0.4, -0.2) is 52.6 Å². The molecule has 0 aromatic carbocycles. The number of anilines is 1. The number of ether oxygens (including phenoxy) is 1. The molecule has 2 unspecified atom stereocenters. The Morgan fingerprint density at radius 1 is 1.24 bits per heavy atom. The summed E-state index contributed by atoms with van der Waals surface area (Å²) >= 11 is 0. The Bertz CT molecular complexity index is 637. The smallest absolute Gasteiger partial charge is 0.223 e. The lowest BCUT2D eigenvalue weighted by Gasteiger charge is -2.39. The Morgan fingerprint density at radius 3 is 2.56 bits per heavy atom. The van der Waals surface area contributed by atoms with Crippen molar-refractivity contribution in [1.82, 2.24) is 14.9 Å². The minimum atomic E-state index is 0.178. The second-order valence-corrected chi connectivity index (χ2v) is 7.85. The summed E-state index contributed by atoms with van der Waals surface area (Å²) in [4.78, 5) is 26.2. The Balaban J connectivity index is 1.88. The van der Waals surface area contributed by atoms with Gasteiger partial charge in [-0.3, -0.25) is 4.79 Å². The maximum Gasteiger partial charge on any atom is 0.223 e. The minimum Gasteiger partial charge on any atom is -0.372 e. The molecule has 2 aliphatic heterocycles. The van der Waals surface area contributed by atoms with Crippen LogP contribution in [0.1, 0.15) is 51.2 Å². The molecule has 1 saturated heterocycles. The topological polar surface area (TPSA) is 58.6 Å². The molecular formula is C19H30N4O2. The maximum absolute atomic E-state index is 12.5. The number of aromatic nitrogens is 2. The first-order chi connectivity index (χ1) is 11.8. The van der Waals surface area contributed by atoms with Gasteiger partial charge in [-0.1, -0.05) is 13.8 Å². The minimum absolute atomic E-state index is 0.178. The summed E-state index contributed by atoms with van der Waals surface area (Å²) in [5.41, 5.74) is 2.22. The van der Waals surface area contributed by atoms with E-state index in [9.17, 15) is 4.79 Å². The standard InChI is InChI=1S/C19H30N4O2/c1-12(2)8-18(24)22-7-6-17-16(11-22)19(21-15(5)20-17)23-9-13(3)25-14(4)10-23/h12-14H,6-11H2,1-5H3. The van der Waals surface area contributed by atoms with Gasteiger partial charge in [0.15, 0.2) is 0 Å². The first kappa shape index (κ1) is 18.1. The van der Waals surface area contributed by atoms with E-state index in [0.717, 1.165) is 49.0 Å². The molecule has 3 heterocycles. The van der Waals surface area contributed by atoms with E-state index in [1.807, 2.05) is 11.8 Å². The zero-order valence-corrected chi connectivity index (χ0v) is 16.1. The van der Waals surface area contributed by atoms with Crippen molar-refractivity contribution in [3.8, 4) is 0 Å². The molecule has 25 heavy (non-hydrogen) atoms. The highest BCUT2D eigenvalue weighted by Gasteiger charge is 2.30. The highest BCUT2D eigenvalue weighted by Crippen LogP contribution is 2.29. The van der Waals surface area contributed by atoms with Crippen LogP contribution in [0.15, 0.2) is 0 Å². The molecule has 2 aliphatic rings. The molecule has 1 aromatic rings. The third-order valence-electron chi connectivity index (χ3n) is 4.80. The van der Waals surface area contributed by atoms with E-state index in [1.54, 1.807) is 0 Å². The zero-order chi connectivity index (χ0) is 18.1. The summed E-state index contributed by atoms with van der Waals surface area (Å²) in [7, 11) is 0. The van der Waals surface area contributed by atoms with Gasteiger partial charge in [0.25, 0.3) is 0 Å². The number of nitrogens with zero attached hydrogens (tertiary/aromatic N) is 4. The fourth-order valence-corrected chi connectivity index (χ4v) is 3.82. The summed E-state index contributed by atoms with van der Waals surface area (Å²) in [5, 5.41) is 0. The molecule has 6 nitrogen and oxygen atoms in total. The molecule has 6 heteroatoms. The first-order valence-electron chi connectivity index (χ1n) is 9.38. The summed E-state index contributed by atoms with van der Waals surface area (Å²) in [5.74, 6) is 2.41. The Labute approximate surface area is 150 Å². The lowest BCUT2D eigenvalue weighted by atomic mass is 10.0. The lowest BCUT2D eigenvalue weighted by molar-refractivity contribution is -0.132. The van der Waals surface area contributed by atoms with Crippen LogP contribution < -0.4 is 4.90 Å². The van der Waals surface area contributed by atoms with Gasteiger partial charge >= 0.3 is 0 Å². The van der Waals surface area contributed by atoms with Crippen LogP contribution >= 0.6 is 0 Å². The molecule has 0 bridgehead atoms. The van der Waals surface area contributed by atoms with Crippen LogP contribution in [0.2, 0.25) is 0 Å². The SMILES string of the molecule is Cc1nc2c(c(N3CC(C)OC(C)C3)n1)CN(C(=O)CC(C)C)CC2. The molecule has 0 N–H and O–H groups in total. The summed E-state index contributed by atoms with van der Waals surface area (Å²) < 4.78 is 5.87. The van der Waals surface area contributed by atoms with Crippen molar-refractivity contribution in [3.05, 3.63) is 17.1 Å². The molecule has 138 valence electrons. The third kappa shape index (κ3) is 4.11. The monoisotopic (exact) mass is 346 g/mol. The van der Waals surface area contributed by atoms with E-state index in [0.29, 0.717) is 18.9 Å². The lowest BCUT2D eigenvalue weighted by Crippen LogP contribution is -2.47. The fourth-order valence-electron chi connectivity index (χ4n) is 3.82. The molecule has 2 atom stereocenters. The predicted molar refractivity (Wildman–Crippen MR) is 97.6 cm³/mol. The second kappa shape index (κ2) is 7.28. The number of aryl methyl sites for hydroxylation is 1. The highest BCUT2D eigenvalue weighted by atomic mass is 16.5. The van der Waals surface area contributed by atoms with Gasteiger partial charge in [0.1, 0.15) is 11.6 Å². The average molecular weight is 346 g/mol. The van der Waals surface area contributed by atoms with Gasteiger partial charge in [-0.05, 0) is 26.7 Å². The Hall–Kier alpha value is -1.69. The van der Waals surface area contributed by atoms with Gasteiger partial charge < -0.3 is 14.5 Å². The highest BCUT2D eigenvalue weighted by molar-refractivity contribution is 5.77. The van der Waals surface area contributed by atoms with Gasteiger partial charge in [0, 0.05) is 38.0 Å². The normalized spacial score (nSPS) is 23.8. The van der Waals surface area contributed by atoms with Crippen molar-refractivity contribution in [1.29, 1.82) is 0 Å². The van der Waals surface area contributed by atoms with Crippen molar-refractivity contribution < 1.29 is 9.53 Å². The van der Waals surface area contributed by atoms with Gasteiger partial charge in [-0.25, -0.2) is 9.97 Å². The predicted octanol–water partition coefficient (Wildman–Crippen LogP) is 2.33. The van der Waals surface area contributed by atoms with E-state index >= 15 is 0 Å². The van der Waals surface area contributed by atoms with Crippen LogP contribution in [0.3, 0.4) is 0 Å². The number of morpholine rings is 1. The van der Waals surface area contributed by atoms with Crippen LogP contribution in [0.4, 0.5) is 5.82 Å². The number of hydrogen-bond acceptors (Lipinski definition) is 5. The molecule has 1 fully saturated rings. The summed E-state index contributed by atoms with van der Waals surface area (Å²) in [6.45, 7) is 13.4. The van der Waals surface area contributed by atoms with Crippen molar-refractivity contribution in [2.45, 2.75) is 66.2 Å². The van der Waals surface area contributed by atoms with Crippen LogP contribution in [-0.2, 0) is 22.5 Å². The van der Waals surface area contributed by atoms with Crippen LogP contribution in [0.5, 0.6) is 0 Å². The number of rotatable bonds is 3. The number of hydrogen-bond donors (Lipinski definition) is 0. The molecular weight excluding hydrogens is 316 g/mol. The van der Waals surface area contributed by atoms with E-state index in [4.69, 9.17) is 9.72 Å². The number of carbonyl (C=O) groups excluding carboxylic acids is 1. The van der Waals surface area contributed by atoms with Gasteiger partial charge in [-0.15, -0.1) is 0 Å². The molecule has 1 aromatic heterocycles. The quantitative estimate of drug-likeness (QED) is 0.841. The van der Waals surface area contributed by atoms with Gasteiger partial charge in [0.05, 0.1) is 24.4 Å². The van der Waals surface area contributed by atoms with E-state index in [1.165, 1.54) is 0 Å². The maximum atomic E-state index is 12.5. The largest absolute Gasteiger partial charge is 0.372 e. The second-order valence-electron chi connectivity index (χ2n) is 7.85. The fraction of sp³-hybridized carbons (Fsp3) is 0.737. The molecule has 3 rings (SSSR count). The van der Waals surface area contributed by atoms with Crippen LogP contribution in [0.25, 0.3) is 0 Å². The molecule has 0 spiro atoms. The van der Waals surface area contributed by atoms with E-state index < -0.39 is 0 Å². The number of fused-ring (bicyclic) bond motifs is 1. The molecule has 1 amide bonds. The summed E-state index contributed by atoms with van der Waals surface area (Å²) in [6.07, 6.45) is 1.77. The summed E-state index contributed by atoms with van der Waals surface area (Å²) in [6, 6.07) is 0. The number of amides is 1. The number of carbonyl (C=O) groups is 1. The molecule has 0 aliphatic carbocycles. The average Bonchev–Trinajstić information content (AvgIpc) is 2.52. The third-order valence-corrected chi connectivity index (χ3v) is 4.80. The Morgan fingerprint density at radius 2 is 1.92 bits per heavy atom. The zero-order valence-electron chi connectivity index (χ0n) is 16.1. The molecule has 0 saturated carbocycles. The van der Waals surface area contributed by atoms with Gasteiger partial charge in [-0.2, -0.15) is 0 Å². The van der Waals surface area contributed by atoms with E-state index in [-0.39, 0.29) is 18.1 Å². The van der Waals surface area contributed by atoms with Crippen molar-refractivity contribution in [2.24, 2.45) is 5.92 Å². The van der Waals surface area contributed by atoms with Crippen LogP contribution in [0, 0.1) is 12.8 Å². The van der Waals surface area contributed by atoms with Crippen molar-refractivity contribution >= 4 is 11.7 Å². The van der Waals surface area contributed by atoms with Crippen molar-refractivity contribution in [2.75, 3.05) is 24.5 Å². The van der Waals surface area contributed by atoms with E-state index in [2.05, 4.69) is 37.6 Å². The molecule has 0 radical (unpaired) electrons. The first-order valence-corrected chi connectivity index (χ1v) is 9.38.